The van der Waals surface area contributed by atoms with Crippen molar-refractivity contribution in [2.45, 2.75) is 42.0 Å². The first kappa shape index (κ1) is 34.6. The zero-order valence-corrected chi connectivity index (χ0v) is 29.1. The van der Waals surface area contributed by atoms with E-state index in [0.717, 1.165) is 0 Å². The summed E-state index contributed by atoms with van der Waals surface area (Å²) in [5, 5.41) is 6.00. The zero-order chi connectivity index (χ0) is 37.1. The van der Waals surface area contributed by atoms with Crippen molar-refractivity contribution in [2.24, 2.45) is 0 Å². The fourth-order valence-electron chi connectivity index (χ4n) is 7.42. The highest BCUT2D eigenvalue weighted by Crippen LogP contribution is 2.51. The van der Waals surface area contributed by atoms with Crippen molar-refractivity contribution >= 4 is 38.6 Å². The van der Waals surface area contributed by atoms with Crippen LogP contribution < -0.4 is 10.6 Å². The third kappa shape index (κ3) is 5.84. The van der Waals surface area contributed by atoms with Gasteiger partial charge in [0.2, 0.25) is 11.8 Å². The van der Waals surface area contributed by atoms with Gasteiger partial charge in [-0.2, -0.15) is 8.78 Å². The number of hydrogen-bond acceptors (Lipinski definition) is 8. The Labute approximate surface area is 302 Å². The van der Waals surface area contributed by atoms with E-state index in [1.165, 1.54) is 63.7 Å². The number of aromatic nitrogens is 2. The first-order valence-corrected chi connectivity index (χ1v) is 18.4. The van der Waals surface area contributed by atoms with Crippen LogP contribution in [0.4, 0.5) is 8.78 Å². The van der Waals surface area contributed by atoms with E-state index in [2.05, 4.69) is 15.6 Å². The minimum Gasteiger partial charge on any atom is -0.346 e. The summed E-state index contributed by atoms with van der Waals surface area (Å²) in [6.07, 6.45) is 3.01. The molecule has 0 bridgehead atoms. The monoisotopic (exact) mass is 741 g/mol. The summed E-state index contributed by atoms with van der Waals surface area (Å²) in [5.74, 6) is -6.29. The van der Waals surface area contributed by atoms with Gasteiger partial charge in [0.25, 0.3) is 21.9 Å². The van der Waals surface area contributed by atoms with Gasteiger partial charge in [-0.15, -0.1) is 0 Å². The number of carbonyl (C=O) groups is 3. The molecule has 1 aliphatic carbocycles. The van der Waals surface area contributed by atoms with Crippen LogP contribution in [0.3, 0.4) is 0 Å². The summed E-state index contributed by atoms with van der Waals surface area (Å²) in [6, 6.07) is 19.2. The lowest BCUT2D eigenvalue weighted by Gasteiger charge is -2.26. The average molecular weight is 742 g/mol. The zero-order valence-electron chi connectivity index (χ0n) is 28.3. The number of rotatable bonds is 8. The normalized spacial score (nSPS) is 18.8. The van der Waals surface area contributed by atoms with Crippen LogP contribution in [0.25, 0.3) is 22.0 Å². The number of nitrogens with zero attached hydrogens (tertiary/aromatic N) is 3. The molecule has 2 aliphatic heterocycles. The molecule has 8 rings (SSSR count). The molecule has 272 valence electrons. The Morgan fingerprint density at radius 2 is 1.66 bits per heavy atom. The van der Waals surface area contributed by atoms with Crippen LogP contribution in [0, 0.1) is 0 Å². The van der Waals surface area contributed by atoms with E-state index < -0.39 is 58.1 Å². The Bertz CT molecular complexity index is 2400. The quantitative estimate of drug-likeness (QED) is 0.239. The molecule has 2 atom stereocenters. The standard InChI is InChI=1S/C38H33F2N5O7S/c1-23(32-18-25-20-41-14-13-31(25)45(32)53(49,50)26-7-3-2-4-8-26)43-36(48)33-19-37(51-15-16-52-37)22-44(33)34(46)21-42-35(47)24-11-12-30-28(17-24)27-9-5-6-10-29(27)38(30,39)40/h2-14,17-18,20,23,33H,15-16,19,21-22H2,1H3,(H,42,47)(H,43,48)/t23?,33-/m0/s1. The maximum atomic E-state index is 15.0. The highest BCUT2D eigenvalue weighted by atomic mass is 32.2. The van der Waals surface area contributed by atoms with E-state index in [1.54, 1.807) is 49.4 Å². The minimum absolute atomic E-state index is 0.00109. The molecule has 53 heavy (non-hydrogen) atoms. The Morgan fingerprint density at radius 3 is 2.43 bits per heavy atom. The molecule has 0 radical (unpaired) electrons. The summed E-state index contributed by atoms with van der Waals surface area (Å²) in [6.45, 7) is 1.56. The van der Waals surface area contributed by atoms with Gasteiger partial charge >= 0.3 is 0 Å². The summed E-state index contributed by atoms with van der Waals surface area (Å²) < 4.78 is 70.8. The molecule has 2 N–H and O–H groups in total. The fourth-order valence-corrected chi connectivity index (χ4v) is 9.05. The van der Waals surface area contributed by atoms with Crippen molar-refractivity contribution in [3.63, 3.8) is 0 Å². The van der Waals surface area contributed by atoms with Crippen molar-refractivity contribution in [1.82, 2.24) is 24.5 Å². The summed E-state index contributed by atoms with van der Waals surface area (Å²) in [7, 11) is -4.10. The van der Waals surface area contributed by atoms with E-state index in [-0.39, 0.29) is 59.0 Å². The molecule has 4 heterocycles. The summed E-state index contributed by atoms with van der Waals surface area (Å²) in [4.78, 5) is 46.4. The van der Waals surface area contributed by atoms with Crippen molar-refractivity contribution in [3.05, 3.63) is 120 Å². The molecular weight excluding hydrogens is 709 g/mol. The van der Waals surface area contributed by atoms with E-state index in [0.29, 0.717) is 16.5 Å². The second-order valence-corrected chi connectivity index (χ2v) is 15.0. The number of nitrogens with one attached hydrogen (secondary N) is 2. The molecule has 15 heteroatoms. The van der Waals surface area contributed by atoms with Gasteiger partial charge in [-0.05, 0) is 54.4 Å². The van der Waals surface area contributed by atoms with Crippen LogP contribution in [0.5, 0.6) is 0 Å². The predicted octanol–water partition coefficient (Wildman–Crippen LogP) is 4.35. The Kier molecular flexibility index (Phi) is 8.39. The first-order chi connectivity index (χ1) is 25.4. The highest BCUT2D eigenvalue weighted by molar-refractivity contribution is 7.90. The largest absolute Gasteiger partial charge is 0.346 e. The Hall–Kier alpha value is -5.51. The number of fused-ring (bicyclic) bond motifs is 4. The predicted molar refractivity (Wildman–Crippen MR) is 187 cm³/mol. The van der Waals surface area contributed by atoms with Gasteiger partial charge < -0.3 is 25.0 Å². The highest BCUT2D eigenvalue weighted by Gasteiger charge is 2.53. The van der Waals surface area contributed by atoms with Crippen LogP contribution in [-0.4, -0.2) is 78.1 Å². The Morgan fingerprint density at radius 1 is 0.943 bits per heavy atom. The van der Waals surface area contributed by atoms with Gasteiger partial charge in [0.05, 0.1) is 48.5 Å². The number of ether oxygens (including phenoxy) is 2. The van der Waals surface area contributed by atoms with Crippen molar-refractivity contribution in [2.75, 3.05) is 26.3 Å². The molecular formula is C38H33F2N5O7S. The van der Waals surface area contributed by atoms with Gasteiger partial charge in [0.15, 0.2) is 5.79 Å². The maximum Gasteiger partial charge on any atom is 0.299 e. The topological polar surface area (TPSA) is 149 Å². The van der Waals surface area contributed by atoms with Crippen molar-refractivity contribution in [3.8, 4) is 11.1 Å². The van der Waals surface area contributed by atoms with Gasteiger partial charge in [-0.1, -0.05) is 48.5 Å². The SMILES string of the molecule is CC(NC(=O)[C@@H]1CC2(CN1C(=O)CNC(=O)c1ccc3c(c1)-c1ccccc1C3(F)F)OCCO2)c1cc2cnccc2n1S(=O)(=O)c1ccccc1. The first-order valence-electron chi connectivity index (χ1n) is 16.9. The third-order valence-electron chi connectivity index (χ3n) is 9.97. The second kappa shape index (κ2) is 12.9. The Balaban J connectivity index is 1.02. The summed E-state index contributed by atoms with van der Waals surface area (Å²) >= 11 is 0. The molecule has 1 spiro atoms. The van der Waals surface area contributed by atoms with E-state index in [1.807, 2.05) is 0 Å². The van der Waals surface area contributed by atoms with Crippen molar-refractivity contribution in [1.29, 1.82) is 0 Å². The van der Waals surface area contributed by atoms with E-state index >= 15 is 8.78 Å². The van der Waals surface area contributed by atoms with Gasteiger partial charge in [-0.25, -0.2) is 12.4 Å². The lowest BCUT2D eigenvalue weighted by atomic mass is 10.0. The van der Waals surface area contributed by atoms with Crippen LogP contribution in [-0.2, 0) is 35.0 Å². The molecule has 3 aliphatic rings. The van der Waals surface area contributed by atoms with Crippen LogP contribution in [0.1, 0.15) is 46.6 Å². The number of benzene rings is 3. The smallest absolute Gasteiger partial charge is 0.299 e. The number of carbonyl (C=O) groups excluding carboxylic acids is 3. The van der Waals surface area contributed by atoms with Gasteiger partial charge in [0.1, 0.15) is 6.04 Å². The number of alkyl halides is 2. The molecule has 5 aromatic rings. The number of hydrogen-bond donors (Lipinski definition) is 2. The second-order valence-electron chi connectivity index (χ2n) is 13.2. The number of halogens is 2. The van der Waals surface area contributed by atoms with Gasteiger partial charge in [-0.3, -0.25) is 19.4 Å². The third-order valence-corrected chi connectivity index (χ3v) is 11.7. The molecule has 2 aromatic heterocycles. The summed E-state index contributed by atoms with van der Waals surface area (Å²) in [5.41, 5.74) is 0.949. The van der Waals surface area contributed by atoms with Crippen molar-refractivity contribution < 1.29 is 41.1 Å². The maximum absolute atomic E-state index is 15.0. The fraction of sp³-hybridized carbons (Fsp3) is 0.263. The lowest BCUT2D eigenvalue weighted by molar-refractivity contribution is -0.152. The molecule has 3 amide bonds. The number of likely N-dealkylation sites (tertiary alicyclic amines) is 1. The number of amides is 3. The molecule has 2 fully saturated rings. The molecule has 1 unspecified atom stereocenters. The van der Waals surface area contributed by atoms with Crippen LogP contribution in [0.15, 0.2) is 102 Å². The average Bonchev–Trinajstić information content (AvgIpc) is 3.94. The molecule has 3 aromatic carbocycles. The van der Waals surface area contributed by atoms with E-state index in [4.69, 9.17) is 9.47 Å². The van der Waals surface area contributed by atoms with E-state index in [9.17, 15) is 22.8 Å². The molecule has 2 saturated heterocycles. The minimum atomic E-state index is -4.10. The lowest BCUT2D eigenvalue weighted by Crippen LogP contribution is -2.49. The number of pyridine rings is 1. The van der Waals surface area contributed by atoms with Crippen LogP contribution >= 0.6 is 0 Å². The molecule has 12 nitrogen and oxygen atoms in total. The van der Waals surface area contributed by atoms with Gasteiger partial charge in [0, 0.05) is 40.9 Å². The molecule has 0 saturated carbocycles. The van der Waals surface area contributed by atoms with Crippen LogP contribution in [0.2, 0.25) is 0 Å².